The lowest BCUT2D eigenvalue weighted by Gasteiger charge is -2.12. The zero-order valence-corrected chi connectivity index (χ0v) is 5.36. The van der Waals surface area contributed by atoms with Crippen LogP contribution in [-0.2, 0) is 4.74 Å². The fourth-order valence-electron chi connectivity index (χ4n) is 0.558. The van der Waals surface area contributed by atoms with E-state index >= 15 is 0 Å². The van der Waals surface area contributed by atoms with Gasteiger partial charge in [-0.2, -0.15) is 0 Å². The Balaban J connectivity index is 2.56. The van der Waals surface area contributed by atoms with Crippen LogP contribution in [0.25, 0.3) is 0 Å². The standard InChI is InChI=1S/C6H8N2O2/c7-6(9)8-3-1-2-4-10-5-8/h1-4H,5H2,(H2,7,9). The second-order valence-electron chi connectivity index (χ2n) is 1.77. The number of nitrogens with two attached hydrogens (primary N) is 1. The van der Waals surface area contributed by atoms with Gasteiger partial charge in [-0.15, -0.1) is 0 Å². The van der Waals surface area contributed by atoms with Crippen molar-refractivity contribution >= 4 is 6.03 Å². The first-order valence-electron chi connectivity index (χ1n) is 2.82. The van der Waals surface area contributed by atoms with Gasteiger partial charge in [0.25, 0.3) is 0 Å². The summed E-state index contributed by atoms with van der Waals surface area (Å²) < 4.78 is 4.85. The van der Waals surface area contributed by atoms with E-state index in [2.05, 4.69) is 0 Å². The molecule has 0 saturated heterocycles. The van der Waals surface area contributed by atoms with E-state index in [1.54, 1.807) is 18.4 Å². The maximum absolute atomic E-state index is 10.5. The molecule has 4 heteroatoms. The molecule has 0 aromatic rings. The SMILES string of the molecule is NC(=O)N1C=CC=COC1. The predicted octanol–water partition coefficient (Wildman–Crippen LogP) is 0.382. The molecule has 1 aliphatic heterocycles. The summed E-state index contributed by atoms with van der Waals surface area (Å²) >= 11 is 0. The lowest BCUT2D eigenvalue weighted by molar-refractivity contribution is 0.144. The molecule has 10 heavy (non-hydrogen) atoms. The van der Waals surface area contributed by atoms with Crippen molar-refractivity contribution in [2.75, 3.05) is 6.73 Å². The molecule has 1 rings (SSSR count). The van der Waals surface area contributed by atoms with E-state index in [4.69, 9.17) is 10.5 Å². The van der Waals surface area contributed by atoms with Crippen LogP contribution in [0.1, 0.15) is 0 Å². The van der Waals surface area contributed by atoms with Crippen LogP contribution in [0.4, 0.5) is 4.79 Å². The highest BCUT2D eigenvalue weighted by Gasteiger charge is 2.04. The number of rotatable bonds is 0. The van der Waals surface area contributed by atoms with Gasteiger partial charge in [-0.05, 0) is 12.2 Å². The maximum atomic E-state index is 10.5. The number of nitrogens with zero attached hydrogens (tertiary/aromatic N) is 1. The van der Waals surface area contributed by atoms with Crippen molar-refractivity contribution in [3.63, 3.8) is 0 Å². The number of carbonyl (C=O) groups is 1. The molecule has 0 unspecified atom stereocenters. The average molecular weight is 140 g/mol. The Morgan fingerprint density at radius 1 is 1.60 bits per heavy atom. The Bertz CT molecular complexity index is 186. The number of ether oxygens (including phenoxy) is 1. The molecule has 0 aliphatic carbocycles. The van der Waals surface area contributed by atoms with E-state index in [1.807, 2.05) is 0 Å². The number of amides is 2. The van der Waals surface area contributed by atoms with E-state index in [1.165, 1.54) is 11.2 Å². The highest BCUT2D eigenvalue weighted by molar-refractivity contribution is 5.73. The number of carbonyl (C=O) groups excluding carboxylic acids is 1. The molecule has 0 saturated carbocycles. The number of hydrogen-bond acceptors (Lipinski definition) is 2. The Morgan fingerprint density at radius 3 is 3.10 bits per heavy atom. The average Bonchev–Trinajstić information content (AvgIpc) is 2.12. The Kier molecular flexibility index (Phi) is 1.94. The molecule has 0 radical (unpaired) electrons. The molecule has 0 fully saturated rings. The molecular weight excluding hydrogens is 132 g/mol. The third kappa shape index (κ3) is 1.51. The van der Waals surface area contributed by atoms with Crippen LogP contribution in [0, 0.1) is 0 Å². The molecule has 2 amide bonds. The summed E-state index contributed by atoms with van der Waals surface area (Å²) in [5.41, 5.74) is 4.96. The molecule has 1 heterocycles. The zero-order valence-electron chi connectivity index (χ0n) is 5.36. The van der Waals surface area contributed by atoms with Gasteiger partial charge in [-0.3, -0.25) is 4.90 Å². The second kappa shape index (κ2) is 2.91. The Labute approximate surface area is 58.6 Å². The van der Waals surface area contributed by atoms with Crippen LogP contribution in [0.15, 0.2) is 24.6 Å². The fourth-order valence-corrected chi connectivity index (χ4v) is 0.558. The van der Waals surface area contributed by atoms with Crippen LogP contribution in [0.5, 0.6) is 0 Å². The van der Waals surface area contributed by atoms with E-state index < -0.39 is 6.03 Å². The molecule has 0 aromatic heterocycles. The minimum absolute atomic E-state index is 0.183. The molecule has 2 N–H and O–H groups in total. The van der Waals surface area contributed by atoms with Gasteiger partial charge in [0.15, 0.2) is 6.73 Å². The van der Waals surface area contributed by atoms with Gasteiger partial charge in [0.05, 0.1) is 6.26 Å². The van der Waals surface area contributed by atoms with E-state index in [0.29, 0.717) is 0 Å². The van der Waals surface area contributed by atoms with Crippen LogP contribution >= 0.6 is 0 Å². The van der Waals surface area contributed by atoms with Crippen LogP contribution < -0.4 is 5.73 Å². The zero-order chi connectivity index (χ0) is 7.40. The molecule has 0 atom stereocenters. The maximum Gasteiger partial charge on any atom is 0.321 e. The number of hydrogen-bond donors (Lipinski definition) is 1. The summed E-state index contributed by atoms with van der Waals surface area (Å²) in [6.45, 7) is 0.183. The molecule has 0 bridgehead atoms. The summed E-state index contributed by atoms with van der Waals surface area (Å²) in [4.78, 5) is 11.8. The minimum atomic E-state index is -0.514. The second-order valence-corrected chi connectivity index (χ2v) is 1.77. The molecule has 4 nitrogen and oxygen atoms in total. The van der Waals surface area contributed by atoms with Crippen LogP contribution in [-0.4, -0.2) is 17.7 Å². The van der Waals surface area contributed by atoms with Crippen molar-refractivity contribution in [1.82, 2.24) is 4.90 Å². The van der Waals surface area contributed by atoms with Gasteiger partial charge in [0.1, 0.15) is 0 Å². The quantitative estimate of drug-likeness (QED) is 0.529. The Hall–Kier alpha value is -1.45. The fraction of sp³-hybridized carbons (Fsp3) is 0.167. The van der Waals surface area contributed by atoms with Crippen molar-refractivity contribution in [2.24, 2.45) is 5.73 Å². The summed E-state index contributed by atoms with van der Waals surface area (Å²) in [5.74, 6) is 0. The molecular formula is C6H8N2O2. The van der Waals surface area contributed by atoms with Crippen molar-refractivity contribution in [3.8, 4) is 0 Å². The molecule has 54 valence electrons. The molecule has 0 spiro atoms. The lowest BCUT2D eigenvalue weighted by Crippen LogP contribution is -2.31. The summed E-state index contributed by atoms with van der Waals surface area (Å²) in [6.07, 6.45) is 6.42. The smallest absolute Gasteiger partial charge is 0.321 e. The monoisotopic (exact) mass is 140 g/mol. The topological polar surface area (TPSA) is 55.6 Å². The predicted molar refractivity (Wildman–Crippen MR) is 35.7 cm³/mol. The van der Waals surface area contributed by atoms with E-state index in [9.17, 15) is 4.79 Å². The van der Waals surface area contributed by atoms with Gasteiger partial charge < -0.3 is 10.5 Å². The first-order chi connectivity index (χ1) is 4.80. The minimum Gasteiger partial charge on any atom is -0.480 e. The molecule has 1 aliphatic rings. The largest absolute Gasteiger partial charge is 0.480 e. The van der Waals surface area contributed by atoms with Crippen molar-refractivity contribution in [3.05, 3.63) is 24.6 Å². The van der Waals surface area contributed by atoms with Crippen LogP contribution in [0.3, 0.4) is 0 Å². The number of allylic oxidation sites excluding steroid dienone is 2. The molecule has 0 aromatic carbocycles. The van der Waals surface area contributed by atoms with Gasteiger partial charge in [-0.25, -0.2) is 4.79 Å². The number of primary amides is 1. The van der Waals surface area contributed by atoms with Gasteiger partial charge in [0, 0.05) is 6.20 Å². The van der Waals surface area contributed by atoms with Crippen molar-refractivity contribution in [1.29, 1.82) is 0 Å². The summed E-state index contributed by atoms with van der Waals surface area (Å²) in [6, 6.07) is -0.514. The lowest BCUT2D eigenvalue weighted by atomic mass is 10.6. The summed E-state index contributed by atoms with van der Waals surface area (Å²) in [5, 5.41) is 0. The van der Waals surface area contributed by atoms with Crippen molar-refractivity contribution in [2.45, 2.75) is 0 Å². The van der Waals surface area contributed by atoms with Crippen LogP contribution in [0.2, 0.25) is 0 Å². The van der Waals surface area contributed by atoms with E-state index in [-0.39, 0.29) is 6.73 Å². The van der Waals surface area contributed by atoms with E-state index in [0.717, 1.165) is 0 Å². The highest BCUT2D eigenvalue weighted by atomic mass is 16.5. The van der Waals surface area contributed by atoms with Gasteiger partial charge in [0.2, 0.25) is 0 Å². The third-order valence-corrected chi connectivity index (χ3v) is 1.05. The highest BCUT2D eigenvalue weighted by Crippen LogP contribution is 1.96. The third-order valence-electron chi connectivity index (χ3n) is 1.05. The Morgan fingerprint density at radius 2 is 2.40 bits per heavy atom. The van der Waals surface area contributed by atoms with Gasteiger partial charge >= 0.3 is 6.03 Å². The summed E-state index contributed by atoms with van der Waals surface area (Å²) in [7, 11) is 0. The normalized spacial score (nSPS) is 16.2. The first-order valence-corrected chi connectivity index (χ1v) is 2.82. The van der Waals surface area contributed by atoms with Crippen molar-refractivity contribution < 1.29 is 9.53 Å². The first kappa shape index (κ1) is 6.67. The van der Waals surface area contributed by atoms with Gasteiger partial charge in [-0.1, -0.05) is 0 Å². The number of urea groups is 1.